The van der Waals surface area contributed by atoms with Crippen molar-refractivity contribution >= 4 is 12.2 Å². The van der Waals surface area contributed by atoms with Crippen LogP contribution >= 0.6 is 0 Å². The van der Waals surface area contributed by atoms with Crippen LogP contribution in [0.5, 0.6) is 0 Å². The van der Waals surface area contributed by atoms with Crippen LogP contribution in [-0.2, 0) is 0 Å². The van der Waals surface area contributed by atoms with Crippen LogP contribution in [0.15, 0.2) is 35.5 Å². The van der Waals surface area contributed by atoms with Gasteiger partial charge < -0.3 is 5.32 Å². The van der Waals surface area contributed by atoms with Gasteiger partial charge in [-0.15, -0.1) is 0 Å². The molecule has 0 amide bonds. The Balaban J connectivity index is 2.01. The Hall–Kier alpha value is -1.54. The second-order valence-corrected chi connectivity index (χ2v) is 6.61. The van der Waals surface area contributed by atoms with E-state index in [0.717, 1.165) is 24.7 Å². The van der Waals surface area contributed by atoms with Gasteiger partial charge in [0.1, 0.15) is 0 Å². The Morgan fingerprint density at radius 1 is 1.14 bits per heavy atom. The van der Waals surface area contributed by atoms with Crippen molar-refractivity contribution < 1.29 is 0 Å². The second-order valence-electron chi connectivity index (χ2n) is 6.61. The van der Waals surface area contributed by atoms with Crippen molar-refractivity contribution in [1.82, 2.24) is 10.2 Å². The van der Waals surface area contributed by atoms with Crippen LogP contribution in [0, 0.1) is 0 Å². The van der Waals surface area contributed by atoms with E-state index in [9.17, 15) is 0 Å². The molecule has 2 heteroatoms. The number of hydrogen-bond acceptors (Lipinski definition) is 2. The maximum absolute atomic E-state index is 4.27. The zero-order valence-corrected chi connectivity index (χ0v) is 13.8. The lowest BCUT2D eigenvalue weighted by Crippen LogP contribution is -2.33. The summed E-state index contributed by atoms with van der Waals surface area (Å²) in [6.07, 6.45) is 6.61. The summed E-state index contributed by atoms with van der Waals surface area (Å²) in [5.74, 6) is 0. The van der Waals surface area contributed by atoms with Crippen LogP contribution in [0.1, 0.15) is 39.0 Å². The Morgan fingerprint density at radius 2 is 1.86 bits per heavy atom. The van der Waals surface area contributed by atoms with Gasteiger partial charge in [-0.25, -0.2) is 0 Å². The first-order chi connectivity index (χ1) is 10.8. The highest BCUT2D eigenvalue weighted by atomic mass is 15.1. The lowest BCUT2D eigenvalue weighted by atomic mass is 9.98. The molecule has 1 fully saturated rings. The van der Waals surface area contributed by atoms with Crippen molar-refractivity contribution in [3.63, 3.8) is 0 Å². The van der Waals surface area contributed by atoms with Crippen LogP contribution in [0.2, 0.25) is 0 Å². The lowest BCUT2D eigenvalue weighted by molar-refractivity contribution is 0.319. The summed E-state index contributed by atoms with van der Waals surface area (Å²) < 4.78 is 0. The molecule has 2 heterocycles. The molecule has 1 N–H and O–H groups in total. The molecule has 0 saturated carbocycles. The average Bonchev–Trinajstić information content (AvgIpc) is 2.78. The molecule has 2 aliphatic rings. The Kier molecular flexibility index (Phi) is 4.99. The molecule has 1 saturated heterocycles. The third-order valence-electron chi connectivity index (χ3n) is 5.00. The van der Waals surface area contributed by atoms with Gasteiger partial charge in [-0.1, -0.05) is 43.7 Å². The maximum atomic E-state index is 4.27. The second kappa shape index (κ2) is 7.15. The minimum Gasteiger partial charge on any atom is -0.388 e. The van der Waals surface area contributed by atoms with E-state index in [0.29, 0.717) is 0 Å². The van der Waals surface area contributed by atoms with E-state index in [1.807, 2.05) is 0 Å². The highest BCUT2D eigenvalue weighted by Gasteiger charge is 2.18. The number of nitrogens with zero attached hydrogens (tertiary/aromatic N) is 1. The number of allylic oxidation sites excluding steroid dienone is 1. The summed E-state index contributed by atoms with van der Waals surface area (Å²) in [6.45, 7) is 11.1. The molecule has 2 nitrogen and oxygen atoms in total. The van der Waals surface area contributed by atoms with Gasteiger partial charge in [0.15, 0.2) is 0 Å². The van der Waals surface area contributed by atoms with Gasteiger partial charge in [-0.3, -0.25) is 4.90 Å². The van der Waals surface area contributed by atoms with E-state index in [1.54, 1.807) is 0 Å². The van der Waals surface area contributed by atoms with E-state index in [-0.39, 0.29) is 0 Å². The predicted octanol–water partition coefficient (Wildman–Crippen LogP) is 2.39. The van der Waals surface area contributed by atoms with Crippen LogP contribution in [0.4, 0.5) is 0 Å². The summed E-state index contributed by atoms with van der Waals surface area (Å²) in [5, 5.41) is 6.00. The number of rotatable bonds is 3. The molecule has 118 valence electrons. The quantitative estimate of drug-likeness (QED) is 0.921. The summed E-state index contributed by atoms with van der Waals surface area (Å²) in [5.41, 5.74) is 4.36. The van der Waals surface area contributed by atoms with Crippen LogP contribution in [-0.4, -0.2) is 31.1 Å². The van der Waals surface area contributed by atoms with Gasteiger partial charge in [0.2, 0.25) is 0 Å². The molecule has 1 aromatic rings. The maximum Gasteiger partial charge on any atom is 0.0243 e. The number of benzene rings is 1. The van der Waals surface area contributed by atoms with E-state index < -0.39 is 0 Å². The standard InChI is InChI=1S/C20H28N2/c1-16-9-5-6-10-18(16)20(19-11-12-21-17(19)2)15-22-13-7-3-4-8-14-22/h5-6,9-10,21H,1,3-4,7-8,11-15H2,2H3/b20-18-. The number of hydrogen-bond donors (Lipinski definition) is 1. The summed E-state index contributed by atoms with van der Waals surface area (Å²) in [7, 11) is 0. The van der Waals surface area contributed by atoms with Gasteiger partial charge in [-0.05, 0) is 60.9 Å². The lowest BCUT2D eigenvalue weighted by Gasteiger charge is -2.23. The molecule has 2 aliphatic heterocycles. The number of likely N-dealkylation sites (tertiary alicyclic amines) is 1. The zero-order chi connectivity index (χ0) is 15.4. The average molecular weight is 296 g/mol. The van der Waals surface area contributed by atoms with Gasteiger partial charge in [0.05, 0.1) is 0 Å². The van der Waals surface area contributed by atoms with Crippen molar-refractivity contribution in [3.8, 4) is 0 Å². The van der Waals surface area contributed by atoms with Crippen molar-refractivity contribution in [2.75, 3.05) is 26.2 Å². The van der Waals surface area contributed by atoms with Gasteiger partial charge >= 0.3 is 0 Å². The first kappa shape index (κ1) is 15.4. The summed E-state index contributed by atoms with van der Waals surface area (Å²) in [6, 6.07) is 8.61. The molecule has 0 spiro atoms. The van der Waals surface area contributed by atoms with Gasteiger partial charge in [-0.2, -0.15) is 0 Å². The van der Waals surface area contributed by atoms with Crippen LogP contribution in [0.3, 0.4) is 0 Å². The SMILES string of the molecule is C=c1cccc/c1=C(\CN1CCCCCC1)C1=C(C)NCC1. The third-order valence-corrected chi connectivity index (χ3v) is 5.00. The van der Waals surface area contributed by atoms with E-state index in [2.05, 4.69) is 48.0 Å². The fourth-order valence-corrected chi connectivity index (χ4v) is 3.72. The molecule has 0 bridgehead atoms. The fourth-order valence-electron chi connectivity index (χ4n) is 3.72. The predicted molar refractivity (Wildman–Crippen MR) is 94.8 cm³/mol. The van der Waals surface area contributed by atoms with Crippen LogP contribution in [0.25, 0.3) is 12.2 Å². The van der Waals surface area contributed by atoms with Crippen LogP contribution < -0.4 is 15.8 Å². The smallest absolute Gasteiger partial charge is 0.0243 e. The molecule has 0 atom stereocenters. The van der Waals surface area contributed by atoms with Crippen molar-refractivity contribution in [2.24, 2.45) is 0 Å². The molecule has 0 aliphatic carbocycles. The summed E-state index contributed by atoms with van der Waals surface area (Å²) >= 11 is 0. The minimum atomic E-state index is 1.07. The molecule has 0 radical (unpaired) electrons. The van der Waals surface area contributed by atoms with E-state index in [4.69, 9.17) is 0 Å². The molecular formula is C20H28N2. The highest BCUT2D eigenvalue weighted by Crippen LogP contribution is 2.23. The van der Waals surface area contributed by atoms with Crippen molar-refractivity contribution in [1.29, 1.82) is 0 Å². The zero-order valence-electron chi connectivity index (χ0n) is 13.8. The van der Waals surface area contributed by atoms with Crippen molar-refractivity contribution in [3.05, 3.63) is 46.0 Å². The molecule has 22 heavy (non-hydrogen) atoms. The molecular weight excluding hydrogens is 268 g/mol. The fraction of sp³-hybridized carbons (Fsp3) is 0.500. The molecule has 3 rings (SSSR count). The summed E-state index contributed by atoms with van der Waals surface area (Å²) in [4.78, 5) is 2.65. The minimum absolute atomic E-state index is 1.07. The monoisotopic (exact) mass is 296 g/mol. The Labute approximate surface area is 134 Å². The third kappa shape index (κ3) is 3.44. The van der Waals surface area contributed by atoms with E-state index >= 15 is 0 Å². The Morgan fingerprint density at radius 3 is 2.50 bits per heavy atom. The Bertz CT molecular complexity index is 649. The first-order valence-corrected chi connectivity index (χ1v) is 8.69. The molecule has 0 unspecified atom stereocenters. The van der Waals surface area contributed by atoms with Gasteiger partial charge in [0.25, 0.3) is 0 Å². The van der Waals surface area contributed by atoms with Crippen molar-refractivity contribution in [2.45, 2.75) is 39.0 Å². The van der Waals surface area contributed by atoms with Gasteiger partial charge in [0, 0.05) is 18.8 Å². The number of nitrogens with one attached hydrogen (secondary N) is 1. The topological polar surface area (TPSA) is 15.3 Å². The first-order valence-electron chi connectivity index (χ1n) is 8.69. The highest BCUT2D eigenvalue weighted by molar-refractivity contribution is 5.67. The molecule has 0 aromatic heterocycles. The normalized spacial score (nSPS) is 21.5. The largest absolute Gasteiger partial charge is 0.388 e. The van der Waals surface area contributed by atoms with E-state index in [1.165, 1.54) is 60.8 Å². The molecule has 1 aromatic carbocycles.